The first-order valence-corrected chi connectivity index (χ1v) is 6.25. The van der Waals surface area contributed by atoms with Gasteiger partial charge in [0.1, 0.15) is 12.2 Å². The minimum Gasteiger partial charge on any atom is -0.389 e. The molecule has 0 aliphatic heterocycles. The molecule has 1 fully saturated rings. The summed E-state index contributed by atoms with van der Waals surface area (Å²) in [5.74, 6) is -0.248. The molecule has 0 bridgehead atoms. The summed E-state index contributed by atoms with van der Waals surface area (Å²) in [6.07, 6.45) is -1.72. The van der Waals surface area contributed by atoms with Gasteiger partial charge < -0.3 is 10.2 Å². The van der Waals surface area contributed by atoms with E-state index in [9.17, 15) is 4.79 Å². The van der Waals surface area contributed by atoms with Crippen LogP contribution in [0.25, 0.3) is 0 Å². The molecule has 0 aromatic rings. The molecule has 0 aromatic heterocycles. The van der Waals surface area contributed by atoms with Crippen LogP contribution in [0.4, 0.5) is 0 Å². The van der Waals surface area contributed by atoms with Crippen LogP contribution in [-0.4, -0.2) is 33.5 Å². The van der Waals surface area contributed by atoms with Crippen LogP contribution >= 0.6 is 30.1 Å². The third-order valence-corrected chi connectivity index (χ3v) is 4.19. The Hall–Kier alpha value is 0.670. The second-order valence-corrected chi connectivity index (χ2v) is 4.54. The monoisotopic (exact) mass is 274 g/mol. The smallest absolute Gasteiger partial charge is 0.165 e. The number of rotatable bonds is 1. The number of carbonyl (C=O) groups is 1. The van der Waals surface area contributed by atoms with Crippen molar-refractivity contribution in [3.05, 3.63) is 0 Å². The fourth-order valence-electron chi connectivity index (χ4n) is 0.918. The quantitative estimate of drug-likeness (QED) is 0.667. The number of Topliss-reactive ketones (excluding diaryl/α,β-unsaturated/α-hetero) is 1. The maximum atomic E-state index is 10.7. The topological polar surface area (TPSA) is 57.5 Å². The Labute approximate surface area is 74.8 Å². The zero-order valence-corrected chi connectivity index (χ0v) is 8.00. The molecule has 0 heterocycles. The molecule has 3 nitrogen and oxygen atoms in total. The molecule has 1 aliphatic carbocycles. The summed E-state index contributed by atoms with van der Waals surface area (Å²) >= 11 is 2.02. The van der Waals surface area contributed by atoms with E-state index in [-0.39, 0.29) is 17.5 Å². The third-order valence-electron chi connectivity index (χ3n) is 1.55. The Morgan fingerprint density at radius 3 is 2.40 bits per heavy atom. The number of carbonyl (C=O) groups excluding carboxylic acids is 1. The van der Waals surface area contributed by atoms with Crippen LogP contribution in [0.15, 0.2) is 0 Å². The van der Waals surface area contributed by atoms with Crippen LogP contribution in [-0.2, 0) is 4.79 Å². The van der Waals surface area contributed by atoms with Gasteiger partial charge in [0.2, 0.25) is 0 Å². The zero-order valence-electron chi connectivity index (χ0n) is 5.03. The summed E-state index contributed by atoms with van der Waals surface area (Å²) in [4.78, 5) is 10.7. The molecule has 0 amide bonds. The highest BCUT2D eigenvalue weighted by molar-refractivity contribution is 14.2. The largest absolute Gasteiger partial charge is 0.389 e. The van der Waals surface area contributed by atoms with Crippen molar-refractivity contribution < 1.29 is 15.0 Å². The molecule has 1 rings (SSSR count). The molecule has 3 atom stereocenters. The lowest BCUT2D eigenvalue weighted by atomic mass is 10.2. The average molecular weight is 274 g/mol. The van der Waals surface area contributed by atoms with Gasteiger partial charge in [0.25, 0.3) is 0 Å². The Morgan fingerprint density at radius 1 is 1.60 bits per heavy atom. The first kappa shape index (κ1) is 8.76. The Balaban J connectivity index is 2.61. The van der Waals surface area contributed by atoms with Gasteiger partial charge in [0, 0.05) is 6.42 Å². The van der Waals surface area contributed by atoms with Crippen LogP contribution in [0.5, 0.6) is 0 Å². The van der Waals surface area contributed by atoms with Crippen LogP contribution < -0.4 is 0 Å². The van der Waals surface area contributed by atoms with Gasteiger partial charge >= 0.3 is 0 Å². The number of hydrogen-bond donors (Lipinski definition) is 2. The van der Waals surface area contributed by atoms with Gasteiger partial charge in [-0.15, -0.1) is 0 Å². The molecular weight excluding hydrogens is 267 g/mol. The van der Waals surface area contributed by atoms with Crippen molar-refractivity contribution >= 4 is 35.9 Å². The van der Waals surface area contributed by atoms with Crippen molar-refractivity contribution in [2.45, 2.75) is 23.9 Å². The molecule has 58 valence electrons. The maximum Gasteiger partial charge on any atom is 0.165 e. The van der Waals surface area contributed by atoms with Crippen molar-refractivity contribution in [3.8, 4) is 0 Å². The highest BCUT2D eigenvalue weighted by atomic mass is 127. The summed E-state index contributed by atoms with van der Waals surface area (Å²) in [7, 11) is 1.39. The molecule has 5 heteroatoms. The lowest BCUT2D eigenvalue weighted by Gasteiger charge is -2.10. The van der Waals surface area contributed by atoms with E-state index in [0.717, 1.165) is 0 Å². The minimum absolute atomic E-state index is 0.122. The van der Waals surface area contributed by atoms with Gasteiger partial charge in [0.15, 0.2) is 5.78 Å². The normalized spacial score (nSPS) is 40.7. The van der Waals surface area contributed by atoms with Gasteiger partial charge in [-0.25, -0.2) is 0 Å². The lowest BCUT2D eigenvalue weighted by molar-refractivity contribution is -0.126. The highest BCUT2D eigenvalue weighted by Gasteiger charge is 2.40. The van der Waals surface area contributed by atoms with E-state index in [1.165, 1.54) is 8.93 Å². The number of aliphatic hydroxyl groups is 2. The highest BCUT2D eigenvalue weighted by Crippen LogP contribution is 2.32. The third kappa shape index (κ3) is 1.46. The molecule has 2 N–H and O–H groups in total. The second-order valence-electron chi connectivity index (χ2n) is 2.23. The zero-order chi connectivity index (χ0) is 7.72. The molecule has 0 radical (unpaired) electrons. The average Bonchev–Trinajstić information content (AvgIpc) is 2.17. The van der Waals surface area contributed by atoms with E-state index >= 15 is 0 Å². The van der Waals surface area contributed by atoms with E-state index in [1.54, 1.807) is 0 Å². The molecular formula is C5H7IO3S. The van der Waals surface area contributed by atoms with Crippen LogP contribution in [0, 0.1) is 0 Å². The van der Waals surface area contributed by atoms with Crippen molar-refractivity contribution in [1.82, 2.24) is 0 Å². The molecule has 1 saturated carbocycles. The summed E-state index contributed by atoms with van der Waals surface area (Å²) < 4.78 is 0. The number of ketones is 1. The fraction of sp³-hybridized carbons (Fsp3) is 0.800. The number of halogens is 1. The molecule has 0 spiro atoms. The van der Waals surface area contributed by atoms with E-state index in [4.69, 9.17) is 10.2 Å². The van der Waals surface area contributed by atoms with E-state index in [0.29, 0.717) is 0 Å². The standard InChI is InChI=1S/C5H7IO3S/c6-10-3-1-2(7)4(8)5(3)9/h3-5,8-9H,1H2. The predicted octanol–water partition coefficient (Wildman–Crippen LogP) is 0.133. The summed E-state index contributed by atoms with van der Waals surface area (Å²) in [6, 6.07) is 0. The SMILES string of the molecule is O=C1CC(SI)C(O)C1O. The Morgan fingerprint density at radius 2 is 2.20 bits per heavy atom. The van der Waals surface area contributed by atoms with Crippen LogP contribution in [0.1, 0.15) is 6.42 Å². The lowest BCUT2D eigenvalue weighted by Crippen LogP contribution is -2.28. The minimum atomic E-state index is -1.15. The first-order chi connectivity index (χ1) is 4.66. The summed E-state index contributed by atoms with van der Waals surface area (Å²) in [5, 5.41) is 18.0. The Bertz CT molecular complexity index is 152. The molecule has 10 heavy (non-hydrogen) atoms. The van der Waals surface area contributed by atoms with Gasteiger partial charge in [-0.05, 0) is 21.2 Å². The number of aliphatic hydroxyl groups excluding tert-OH is 2. The van der Waals surface area contributed by atoms with Crippen molar-refractivity contribution in [1.29, 1.82) is 0 Å². The molecule has 0 saturated heterocycles. The molecule has 3 unspecified atom stereocenters. The summed E-state index contributed by atoms with van der Waals surface area (Å²) in [6.45, 7) is 0. The second kappa shape index (κ2) is 3.38. The molecule has 1 aliphatic rings. The number of hydrogen-bond acceptors (Lipinski definition) is 4. The van der Waals surface area contributed by atoms with Crippen molar-refractivity contribution in [3.63, 3.8) is 0 Å². The predicted molar refractivity (Wildman–Crippen MR) is 47.0 cm³/mol. The molecule has 0 aromatic carbocycles. The van der Waals surface area contributed by atoms with Crippen molar-refractivity contribution in [2.24, 2.45) is 0 Å². The van der Waals surface area contributed by atoms with Crippen molar-refractivity contribution in [2.75, 3.05) is 0 Å². The fourth-order valence-corrected chi connectivity index (χ4v) is 2.84. The van der Waals surface area contributed by atoms with Crippen LogP contribution in [0.3, 0.4) is 0 Å². The van der Waals surface area contributed by atoms with E-state index in [1.807, 2.05) is 21.2 Å². The van der Waals surface area contributed by atoms with Gasteiger partial charge in [-0.3, -0.25) is 4.79 Å². The van der Waals surface area contributed by atoms with Gasteiger partial charge in [0.05, 0.1) is 5.25 Å². The Kier molecular flexibility index (Phi) is 2.96. The summed E-state index contributed by atoms with van der Waals surface area (Å²) in [5.41, 5.74) is 0. The van der Waals surface area contributed by atoms with Gasteiger partial charge in [-0.1, -0.05) is 8.93 Å². The maximum absolute atomic E-state index is 10.7. The van der Waals surface area contributed by atoms with E-state index in [2.05, 4.69) is 0 Å². The first-order valence-electron chi connectivity index (χ1n) is 2.83. The van der Waals surface area contributed by atoms with Gasteiger partial charge in [-0.2, -0.15) is 0 Å². The van der Waals surface area contributed by atoms with Crippen LogP contribution in [0.2, 0.25) is 0 Å². The van der Waals surface area contributed by atoms with E-state index < -0.39 is 12.2 Å².